The molecule has 6 heteroatoms. The van der Waals surface area contributed by atoms with Crippen LogP contribution in [0.5, 0.6) is 5.75 Å². The molecule has 0 spiro atoms. The SMILES string of the molecule is O=S(=O)(c1ccc2ccccc2c1)N1CCCC(Oc2ccncc2)C1. The highest BCUT2D eigenvalue weighted by Gasteiger charge is 2.31. The summed E-state index contributed by atoms with van der Waals surface area (Å²) in [4.78, 5) is 4.30. The molecule has 4 rings (SSSR count). The van der Waals surface area contributed by atoms with Gasteiger partial charge in [-0.2, -0.15) is 4.31 Å². The minimum atomic E-state index is -3.54. The largest absolute Gasteiger partial charge is 0.489 e. The lowest BCUT2D eigenvalue weighted by atomic mass is 10.1. The smallest absolute Gasteiger partial charge is 0.243 e. The number of sulfonamides is 1. The molecule has 1 aliphatic heterocycles. The second-order valence-electron chi connectivity index (χ2n) is 6.44. The molecule has 1 aromatic heterocycles. The molecule has 0 aliphatic carbocycles. The minimum Gasteiger partial charge on any atom is -0.489 e. The van der Waals surface area contributed by atoms with Gasteiger partial charge < -0.3 is 4.74 Å². The Morgan fingerprint density at radius 3 is 2.58 bits per heavy atom. The summed E-state index contributed by atoms with van der Waals surface area (Å²) in [5.74, 6) is 0.718. The molecule has 0 bridgehead atoms. The number of piperidine rings is 1. The van der Waals surface area contributed by atoms with Crippen LogP contribution in [0.25, 0.3) is 10.8 Å². The van der Waals surface area contributed by atoms with Gasteiger partial charge in [0.15, 0.2) is 0 Å². The monoisotopic (exact) mass is 368 g/mol. The van der Waals surface area contributed by atoms with Gasteiger partial charge in [-0.3, -0.25) is 4.98 Å². The molecule has 0 N–H and O–H groups in total. The van der Waals surface area contributed by atoms with Gasteiger partial charge in [0, 0.05) is 18.9 Å². The molecule has 5 nitrogen and oxygen atoms in total. The maximum Gasteiger partial charge on any atom is 0.243 e. The fourth-order valence-corrected chi connectivity index (χ4v) is 4.85. The first kappa shape index (κ1) is 17.0. The summed E-state index contributed by atoms with van der Waals surface area (Å²) >= 11 is 0. The molecule has 0 saturated carbocycles. The number of hydrogen-bond donors (Lipinski definition) is 0. The predicted molar refractivity (Wildman–Crippen MR) is 101 cm³/mol. The molecule has 1 aliphatic rings. The van der Waals surface area contributed by atoms with Crippen LogP contribution < -0.4 is 4.74 Å². The van der Waals surface area contributed by atoms with E-state index in [0.717, 1.165) is 29.4 Å². The van der Waals surface area contributed by atoms with Gasteiger partial charge in [0.2, 0.25) is 10.0 Å². The average molecular weight is 368 g/mol. The second kappa shape index (κ2) is 7.05. The number of ether oxygens (including phenoxy) is 1. The molecule has 26 heavy (non-hydrogen) atoms. The standard InChI is InChI=1S/C20H20N2O3S/c23-26(24,20-8-7-16-4-1-2-5-17(16)14-20)22-13-3-6-19(15-22)25-18-9-11-21-12-10-18/h1-2,4-5,7-12,14,19H,3,6,13,15H2. The van der Waals surface area contributed by atoms with E-state index in [1.807, 2.05) is 30.3 Å². The molecule has 1 unspecified atom stereocenters. The molecule has 3 aromatic rings. The summed E-state index contributed by atoms with van der Waals surface area (Å²) in [5, 5.41) is 1.96. The lowest BCUT2D eigenvalue weighted by molar-refractivity contribution is 0.129. The van der Waals surface area contributed by atoms with Crippen molar-refractivity contribution in [1.82, 2.24) is 9.29 Å². The maximum absolute atomic E-state index is 13.1. The van der Waals surface area contributed by atoms with E-state index in [0.29, 0.717) is 18.0 Å². The van der Waals surface area contributed by atoms with Crippen molar-refractivity contribution in [1.29, 1.82) is 0 Å². The fourth-order valence-electron chi connectivity index (χ4n) is 3.31. The third kappa shape index (κ3) is 3.43. The third-order valence-electron chi connectivity index (χ3n) is 4.65. The number of hydrogen-bond acceptors (Lipinski definition) is 4. The van der Waals surface area contributed by atoms with Crippen molar-refractivity contribution in [2.45, 2.75) is 23.8 Å². The summed E-state index contributed by atoms with van der Waals surface area (Å²) < 4.78 is 33.7. The summed E-state index contributed by atoms with van der Waals surface area (Å²) in [6.07, 6.45) is 4.80. The first-order chi connectivity index (χ1) is 12.6. The molecule has 0 radical (unpaired) electrons. The normalized spacial score (nSPS) is 18.7. The number of pyridine rings is 1. The van der Waals surface area contributed by atoms with E-state index >= 15 is 0 Å². The van der Waals surface area contributed by atoms with Crippen LogP contribution in [0, 0.1) is 0 Å². The highest BCUT2D eigenvalue weighted by molar-refractivity contribution is 7.89. The van der Waals surface area contributed by atoms with Crippen molar-refractivity contribution in [2.24, 2.45) is 0 Å². The molecule has 134 valence electrons. The Kier molecular flexibility index (Phi) is 4.61. The van der Waals surface area contributed by atoms with Gasteiger partial charge in [-0.15, -0.1) is 0 Å². The first-order valence-corrected chi connectivity index (χ1v) is 10.1. The van der Waals surface area contributed by atoms with E-state index in [1.54, 1.807) is 36.7 Å². The number of nitrogens with zero attached hydrogens (tertiary/aromatic N) is 2. The number of benzene rings is 2. The Bertz CT molecular complexity index is 1010. The molecule has 0 amide bonds. The Morgan fingerprint density at radius 1 is 1.00 bits per heavy atom. The number of rotatable bonds is 4. The summed E-state index contributed by atoms with van der Waals surface area (Å²) in [7, 11) is -3.54. The molecule has 1 atom stereocenters. The molecule has 2 aromatic carbocycles. The van der Waals surface area contributed by atoms with Crippen LogP contribution >= 0.6 is 0 Å². The summed E-state index contributed by atoms with van der Waals surface area (Å²) in [6, 6.07) is 16.6. The Balaban J connectivity index is 1.56. The highest BCUT2D eigenvalue weighted by atomic mass is 32.2. The average Bonchev–Trinajstić information content (AvgIpc) is 2.68. The van der Waals surface area contributed by atoms with Gasteiger partial charge in [0.25, 0.3) is 0 Å². The minimum absolute atomic E-state index is 0.151. The molecule has 2 heterocycles. The summed E-state index contributed by atoms with van der Waals surface area (Å²) in [6.45, 7) is 0.878. The van der Waals surface area contributed by atoms with Crippen LogP contribution in [0.4, 0.5) is 0 Å². The Hall–Kier alpha value is -2.44. The topological polar surface area (TPSA) is 59.5 Å². The van der Waals surface area contributed by atoms with E-state index in [4.69, 9.17) is 4.74 Å². The van der Waals surface area contributed by atoms with E-state index < -0.39 is 10.0 Å². The predicted octanol–water partition coefficient (Wildman–Crippen LogP) is 3.47. The van der Waals surface area contributed by atoms with E-state index in [9.17, 15) is 8.42 Å². The van der Waals surface area contributed by atoms with Gasteiger partial charge >= 0.3 is 0 Å². The molecular weight excluding hydrogens is 348 g/mol. The van der Waals surface area contributed by atoms with Crippen LogP contribution in [-0.4, -0.2) is 36.9 Å². The van der Waals surface area contributed by atoms with Crippen LogP contribution in [0.2, 0.25) is 0 Å². The van der Waals surface area contributed by atoms with E-state index in [-0.39, 0.29) is 6.10 Å². The van der Waals surface area contributed by atoms with Crippen molar-refractivity contribution >= 4 is 20.8 Å². The molecule has 1 fully saturated rings. The molecular formula is C20H20N2O3S. The lowest BCUT2D eigenvalue weighted by Gasteiger charge is -2.32. The van der Waals surface area contributed by atoms with Gasteiger partial charge in [-0.25, -0.2) is 8.42 Å². The number of aromatic nitrogens is 1. The zero-order valence-corrected chi connectivity index (χ0v) is 15.1. The van der Waals surface area contributed by atoms with E-state index in [2.05, 4.69) is 4.98 Å². The maximum atomic E-state index is 13.1. The van der Waals surface area contributed by atoms with Crippen LogP contribution in [-0.2, 0) is 10.0 Å². The van der Waals surface area contributed by atoms with Crippen molar-refractivity contribution < 1.29 is 13.2 Å². The Labute approximate surface area is 153 Å². The van der Waals surface area contributed by atoms with Gasteiger partial charge in [0.05, 0.1) is 11.4 Å². The van der Waals surface area contributed by atoms with Crippen LogP contribution in [0.3, 0.4) is 0 Å². The van der Waals surface area contributed by atoms with Gasteiger partial charge in [-0.1, -0.05) is 30.3 Å². The Morgan fingerprint density at radius 2 is 1.77 bits per heavy atom. The molecule has 1 saturated heterocycles. The summed E-state index contributed by atoms with van der Waals surface area (Å²) in [5.41, 5.74) is 0. The highest BCUT2D eigenvalue weighted by Crippen LogP contribution is 2.26. The zero-order valence-electron chi connectivity index (χ0n) is 14.3. The second-order valence-corrected chi connectivity index (χ2v) is 8.37. The van der Waals surface area contributed by atoms with Gasteiger partial charge in [-0.05, 0) is 47.9 Å². The fraction of sp³-hybridized carbons (Fsp3) is 0.250. The van der Waals surface area contributed by atoms with Crippen LogP contribution in [0.15, 0.2) is 71.9 Å². The number of fused-ring (bicyclic) bond motifs is 1. The van der Waals surface area contributed by atoms with E-state index in [1.165, 1.54) is 4.31 Å². The van der Waals surface area contributed by atoms with Crippen LogP contribution in [0.1, 0.15) is 12.8 Å². The zero-order chi connectivity index (χ0) is 18.0. The first-order valence-electron chi connectivity index (χ1n) is 8.68. The van der Waals surface area contributed by atoms with Crippen molar-refractivity contribution in [3.05, 3.63) is 67.0 Å². The third-order valence-corrected chi connectivity index (χ3v) is 6.51. The van der Waals surface area contributed by atoms with Gasteiger partial charge in [0.1, 0.15) is 11.9 Å². The van der Waals surface area contributed by atoms with Crippen molar-refractivity contribution in [3.63, 3.8) is 0 Å². The van der Waals surface area contributed by atoms with Crippen molar-refractivity contribution in [3.8, 4) is 5.75 Å². The quantitative estimate of drug-likeness (QED) is 0.708. The lowest BCUT2D eigenvalue weighted by Crippen LogP contribution is -2.44. The van der Waals surface area contributed by atoms with Crippen molar-refractivity contribution in [2.75, 3.05) is 13.1 Å².